The molecule has 18 heavy (non-hydrogen) atoms. The van der Waals surface area contributed by atoms with Crippen LogP contribution in [0.3, 0.4) is 0 Å². The Morgan fingerprint density at radius 3 is 2.39 bits per heavy atom. The molecule has 0 saturated heterocycles. The topological polar surface area (TPSA) is 87.7 Å². The number of carboxylic acid groups (broad SMARTS) is 1. The first kappa shape index (κ1) is 14.8. The first-order chi connectivity index (χ1) is 8.54. The van der Waals surface area contributed by atoms with Crippen LogP contribution in [0, 0.1) is 5.41 Å². The van der Waals surface area contributed by atoms with Crippen LogP contribution in [0.15, 0.2) is 0 Å². The summed E-state index contributed by atoms with van der Waals surface area (Å²) in [4.78, 5) is 22.3. The lowest BCUT2D eigenvalue weighted by Crippen LogP contribution is -2.48. The summed E-state index contributed by atoms with van der Waals surface area (Å²) in [5, 5.41) is 8.50. The quantitative estimate of drug-likeness (QED) is 0.515. The monoisotopic (exact) mass is 258 g/mol. The van der Waals surface area contributed by atoms with Crippen molar-refractivity contribution >= 4 is 12.1 Å². The van der Waals surface area contributed by atoms with Crippen molar-refractivity contribution in [2.75, 3.05) is 6.61 Å². The first-order valence-corrected chi connectivity index (χ1v) is 6.45. The zero-order valence-corrected chi connectivity index (χ0v) is 11.0. The van der Waals surface area contributed by atoms with E-state index in [2.05, 4.69) is 10.9 Å². The summed E-state index contributed by atoms with van der Waals surface area (Å²) >= 11 is 0. The van der Waals surface area contributed by atoms with Gasteiger partial charge in [0.25, 0.3) is 0 Å². The van der Waals surface area contributed by atoms with Gasteiger partial charge >= 0.3 is 12.1 Å². The lowest BCUT2D eigenvalue weighted by Gasteiger charge is -2.37. The van der Waals surface area contributed by atoms with Crippen LogP contribution in [0.5, 0.6) is 0 Å². The Balaban J connectivity index is 2.48. The predicted octanol–water partition coefficient (Wildman–Crippen LogP) is 1.66. The summed E-state index contributed by atoms with van der Waals surface area (Å²) in [6, 6.07) is 0.0928. The Labute approximate surface area is 107 Å². The second kappa shape index (κ2) is 6.58. The third-order valence-electron chi connectivity index (χ3n) is 3.71. The SMILES string of the molecule is CCOC(=O)[C@]1(CC)CC[C@H](NNC(=O)O)CC1. The Hall–Kier alpha value is -1.30. The first-order valence-electron chi connectivity index (χ1n) is 6.45. The molecule has 6 nitrogen and oxygen atoms in total. The molecule has 1 saturated carbocycles. The van der Waals surface area contributed by atoms with Crippen molar-refractivity contribution < 1.29 is 19.4 Å². The zero-order valence-electron chi connectivity index (χ0n) is 11.0. The van der Waals surface area contributed by atoms with Crippen molar-refractivity contribution in [3.63, 3.8) is 0 Å². The van der Waals surface area contributed by atoms with Crippen molar-refractivity contribution in [1.82, 2.24) is 10.9 Å². The Bertz CT molecular complexity index is 298. The minimum atomic E-state index is -1.09. The van der Waals surface area contributed by atoms with Crippen LogP contribution < -0.4 is 10.9 Å². The number of nitrogens with one attached hydrogen (secondary N) is 2. The van der Waals surface area contributed by atoms with Crippen LogP contribution in [-0.2, 0) is 9.53 Å². The summed E-state index contributed by atoms with van der Waals surface area (Å²) in [5.41, 5.74) is 4.54. The van der Waals surface area contributed by atoms with Crippen molar-refractivity contribution in [3.8, 4) is 0 Å². The number of rotatable bonds is 5. The minimum absolute atomic E-state index is 0.0928. The van der Waals surface area contributed by atoms with Crippen molar-refractivity contribution in [3.05, 3.63) is 0 Å². The van der Waals surface area contributed by atoms with E-state index in [1.165, 1.54) is 0 Å². The van der Waals surface area contributed by atoms with E-state index in [9.17, 15) is 9.59 Å². The third kappa shape index (κ3) is 3.60. The molecule has 0 aromatic carbocycles. The van der Waals surface area contributed by atoms with E-state index in [0.29, 0.717) is 6.61 Å². The molecule has 6 heteroatoms. The third-order valence-corrected chi connectivity index (χ3v) is 3.71. The molecular formula is C12H22N2O4. The summed E-state index contributed by atoms with van der Waals surface area (Å²) in [6.07, 6.45) is 2.70. The molecule has 0 atom stereocenters. The second-order valence-corrected chi connectivity index (χ2v) is 4.70. The number of carbonyl (C=O) groups is 2. The standard InChI is InChI=1S/C12H22N2O4/c1-3-12(10(15)18-4-2)7-5-9(6-8-12)13-14-11(16)17/h9,13-14H,3-8H2,1-2H3,(H,16,17)/t9-,12+. The number of amides is 1. The summed E-state index contributed by atoms with van der Waals surface area (Å²) in [5.74, 6) is -0.114. The van der Waals surface area contributed by atoms with Gasteiger partial charge in [-0.3, -0.25) is 10.2 Å². The van der Waals surface area contributed by atoms with Crippen LogP contribution in [0.4, 0.5) is 4.79 Å². The Morgan fingerprint density at radius 2 is 1.94 bits per heavy atom. The molecule has 0 bridgehead atoms. The number of hydrogen-bond acceptors (Lipinski definition) is 4. The number of esters is 1. The van der Waals surface area contributed by atoms with Crippen LogP contribution in [0.2, 0.25) is 0 Å². The van der Waals surface area contributed by atoms with Gasteiger partial charge < -0.3 is 9.84 Å². The van der Waals surface area contributed by atoms with E-state index in [1.807, 2.05) is 13.8 Å². The van der Waals surface area contributed by atoms with Crippen LogP contribution in [0.1, 0.15) is 46.0 Å². The van der Waals surface area contributed by atoms with Crippen molar-refractivity contribution in [2.24, 2.45) is 5.41 Å². The molecule has 0 spiro atoms. The molecule has 0 aliphatic heterocycles. The van der Waals surface area contributed by atoms with Gasteiger partial charge in [0.15, 0.2) is 0 Å². The van der Waals surface area contributed by atoms with Gasteiger partial charge in [-0.15, -0.1) is 0 Å². The molecule has 1 aliphatic rings. The van der Waals surface area contributed by atoms with Crippen molar-refractivity contribution in [2.45, 2.75) is 52.0 Å². The average molecular weight is 258 g/mol. The molecule has 0 aromatic rings. The van der Waals surface area contributed by atoms with Gasteiger partial charge in [0.05, 0.1) is 12.0 Å². The van der Waals surface area contributed by atoms with E-state index in [0.717, 1.165) is 32.1 Å². The molecule has 0 radical (unpaired) electrons. The van der Waals surface area contributed by atoms with Crippen LogP contribution in [0.25, 0.3) is 0 Å². The molecule has 104 valence electrons. The highest BCUT2D eigenvalue weighted by Crippen LogP contribution is 2.40. The fourth-order valence-electron chi connectivity index (χ4n) is 2.46. The highest BCUT2D eigenvalue weighted by molar-refractivity contribution is 5.76. The molecular weight excluding hydrogens is 236 g/mol. The van der Waals surface area contributed by atoms with Gasteiger partial charge in [-0.2, -0.15) is 0 Å². The maximum atomic E-state index is 12.0. The summed E-state index contributed by atoms with van der Waals surface area (Å²) < 4.78 is 5.14. The van der Waals surface area contributed by atoms with E-state index >= 15 is 0 Å². The summed E-state index contributed by atoms with van der Waals surface area (Å²) in [7, 11) is 0. The average Bonchev–Trinajstić information content (AvgIpc) is 2.37. The van der Waals surface area contributed by atoms with E-state index < -0.39 is 6.09 Å². The van der Waals surface area contributed by atoms with E-state index in [-0.39, 0.29) is 17.4 Å². The maximum Gasteiger partial charge on any atom is 0.419 e. The van der Waals surface area contributed by atoms with E-state index in [1.54, 1.807) is 0 Å². The van der Waals surface area contributed by atoms with Gasteiger partial charge in [-0.25, -0.2) is 10.2 Å². The van der Waals surface area contributed by atoms with Crippen LogP contribution >= 0.6 is 0 Å². The maximum absolute atomic E-state index is 12.0. The molecule has 0 aromatic heterocycles. The molecule has 3 N–H and O–H groups in total. The summed E-state index contributed by atoms with van der Waals surface area (Å²) in [6.45, 7) is 4.22. The molecule has 1 amide bonds. The lowest BCUT2D eigenvalue weighted by atomic mass is 9.71. The fourth-order valence-corrected chi connectivity index (χ4v) is 2.46. The van der Waals surface area contributed by atoms with Crippen molar-refractivity contribution in [1.29, 1.82) is 0 Å². The van der Waals surface area contributed by atoms with Gasteiger partial charge in [0, 0.05) is 6.04 Å². The smallest absolute Gasteiger partial charge is 0.419 e. The molecule has 1 rings (SSSR count). The second-order valence-electron chi connectivity index (χ2n) is 4.70. The Kier molecular flexibility index (Phi) is 5.40. The highest BCUT2D eigenvalue weighted by atomic mass is 16.5. The minimum Gasteiger partial charge on any atom is -0.466 e. The van der Waals surface area contributed by atoms with Gasteiger partial charge in [-0.1, -0.05) is 6.92 Å². The molecule has 0 unspecified atom stereocenters. The Morgan fingerprint density at radius 1 is 1.33 bits per heavy atom. The molecule has 1 fully saturated rings. The van der Waals surface area contributed by atoms with Gasteiger partial charge in [0.1, 0.15) is 0 Å². The number of carbonyl (C=O) groups excluding carboxylic acids is 1. The lowest BCUT2D eigenvalue weighted by molar-refractivity contribution is -0.158. The molecule has 0 heterocycles. The van der Waals surface area contributed by atoms with Gasteiger partial charge in [-0.05, 0) is 39.0 Å². The fraction of sp³-hybridized carbons (Fsp3) is 0.833. The van der Waals surface area contributed by atoms with Gasteiger partial charge in [0.2, 0.25) is 0 Å². The van der Waals surface area contributed by atoms with E-state index in [4.69, 9.17) is 9.84 Å². The zero-order chi connectivity index (χ0) is 13.6. The highest BCUT2D eigenvalue weighted by Gasteiger charge is 2.41. The predicted molar refractivity (Wildman–Crippen MR) is 65.9 cm³/mol. The number of ether oxygens (including phenoxy) is 1. The molecule has 1 aliphatic carbocycles. The normalized spacial score (nSPS) is 27.6. The number of hydrazine groups is 1. The van der Waals surface area contributed by atoms with Crippen LogP contribution in [-0.4, -0.2) is 29.8 Å². The largest absolute Gasteiger partial charge is 0.466 e. The number of hydrogen-bond donors (Lipinski definition) is 3.